The van der Waals surface area contributed by atoms with Gasteiger partial charge in [0.15, 0.2) is 0 Å². The van der Waals surface area contributed by atoms with Gasteiger partial charge in [-0.3, -0.25) is 0 Å². The summed E-state index contributed by atoms with van der Waals surface area (Å²) >= 11 is 0. The number of hydrogen-bond acceptors (Lipinski definition) is 0. The summed E-state index contributed by atoms with van der Waals surface area (Å²) in [7, 11) is 0. The Morgan fingerprint density at radius 2 is 1.80 bits per heavy atom. The predicted octanol–water partition coefficient (Wildman–Crippen LogP) is 3.73. The van der Waals surface area contributed by atoms with E-state index in [1.807, 2.05) is 18.2 Å². The quantitative estimate of drug-likeness (QED) is 0.691. The second-order valence-corrected chi connectivity index (χ2v) is 3.79. The molecule has 0 spiro atoms. The highest BCUT2D eigenvalue weighted by molar-refractivity contribution is 5.60. The van der Waals surface area contributed by atoms with Gasteiger partial charge in [-0.1, -0.05) is 30.3 Å². The van der Waals surface area contributed by atoms with Crippen LogP contribution in [0.5, 0.6) is 0 Å². The Balaban J connectivity index is 2.22. The van der Waals surface area contributed by atoms with Crippen molar-refractivity contribution in [3.8, 4) is 0 Å². The molecule has 0 amide bonds. The average molecular weight is 197 g/mol. The van der Waals surface area contributed by atoms with E-state index in [0.29, 0.717) is 0 Å². The molecule has 0 aliphatic rings. The molecule has 1 heteroatoms. The van der Waals surface area contributed by atoms with Crippen LogP contribution in [0.3, 0.4) is 0 Å². The number of rotatable bonds is 2. The van der Waals surface area contributed by atoms with Gasteiger partial charge >= 0.3 is 0 Å². The summed E-state index contributed by atoms with van der Waals surface area (Å²) in [5.41, 5.74) is 3.79. The second kappa shape index (κ2) is 4.18. The normalized spacial score (nSPS) is 11.1. The van der Waals surface area contributed by atoms with Crippen LogP contribution in [0.4, 0.5) is 0 Å². The van der Waals surface area contributed by atoms with Crippen LogP contribution < -0.4 is 0 Å². The van der Waals surface area contributed by atoms with Crippen molar-refractivity contribution in [1.29, 1.82) is 0 Å². The van der Waals surface area contributed by atoms with E-state index < -0.39 is 0 Å². The van der Waals surface area contributed by atoms with Crippen molar-refractivity contribution in [3.63, 3.8) is 0 Å². The molecule has 2 rings (SSSR count). The van der Waals surface area contributed by atoms with Crippen molar-refractivity contribution in [3.05, 3.63) is 59.4 Å². The van der Waals surface area contributed by atoms with Gasteiger partial charge in [0.05, 0.1) is 0 Å². The van der Waals surface area contributed by atoms with Crippen molar-refractivity contribution in [1.82, 2.24) is 4.57 Å². The Morgan fingerprint density at radius 3 is 2.40 bits per heavy atom. The lowest BCUT2D eigenvalue weighted by atomic mass is 10.2. The van der Waals surface area contributed by atoms with E-state index >= 15 is 0 Å². The van der Waals surface area contributed by atoms with Gasteiger partial charge in [-0.05, 0) is 37.1 Å². The first-order valence-corrected chi connectivity index (χ1v) is 5.14. The molecule has 1 aromatic heterocycles. The highest BCUT2D eigenvalue weighted by atomic mass is 14.9. The van der Waals surface area contributed by atoms with Crippen molar-refractivity contribution in [2.45, 2.75) is 13.8 Å². The molecule has 0 unspecified atom stereocenters. The van der Waals surface area contributed by atoms with Crippen molar-refractivity contribution < 1.29 is 0 Å². The van der Waals surface area contributed by atoms with Crippen LogP contribution in [0.1, 0.15) is 16.8 Å². The minimum absolute atomic E-state index is 1.23. The molecular weight excluding hydrogens is 182 g/mol. The third-order valence-electron chi connectivity index (χ3n) is 2.41. The van der Waals surface area contributed by atoms with Crippen LogP contribution in [0.25, 0.3) is 12.3 Å². The Labute approximate surface area is 90.7 Å². The zero-order chi connectivity index (χ0) is 10.7. The highest BCUT2D eigenvalue weighted by Crippen LogP contribution is 2.09. The smallest absolute Gasteiger partial charge is 0.0192 e. The molecule has 15 heavy (non-hydrogen) atoms. The number of hydrogen-bond donors (Lipinski definition) is 0. The third kappa shape index (κ3) is 2.38. The molecule has 0 saturated carbocycles. The first kappa shape index (κ1) is 9.78. The summed E-state index contributed by atoms with van der Waals surface area (Å²) in [5, 5.41) is 0. The zero-order valence-corrected chi connectivity index (χ0v) is 9.14. The number of nitrogens with zero attached hydrogens (tertiary/aromatic N) is 1. The van der Waals surface area contributed by atoms with Crippen LogP contribution in [0.15, 0.2) is 42.6 Å². The van der Waals surface area contributed by atoms with Gasteiger partial charge < -0.3 is 4.57 Å². The standard InChI is InChI=1S/C14H15N/c1-12-10-13(2)15(11-12)9-8-14-6-4-3-5-7-14/h3-11H,1-2H3/b9-8+. The summed E-state index contributed by atoms with van der Waals surface area (Å²) in [6.07, 6.45) is 6.35. The summed E-state index contributed by atoms with van der Waals surface area (Å²) in [4.78, 5) is 0. The van der Waals surface area contributed by atoms with E-state index in [0.717, 1.165) is 0 Å². The largest absolute Gasteiger partial charge is 0.328 e. The van der Waals surface area contributed by atoms with Crippen molar-refractivity contribution >= 4 is 12.3 Å². The molecule has 0 fully saturated rings. The van der Waals surface area contributed by atoms with E-state index in [1.165, 1.54) is 16.8 Å². The van der Waals surface area contributed by atoms with Crippen molar-refractivity contribution in [2.24, 2.45) is 0 Å². The predicted molar refractivity (Wildman–Crippen MR) is 65.6 cm³/mol. The molecular formula is C14H15N. The van der Waals surface area contributed by atoms with Gasteiger partial charge in [-0.2, -0.15) is 0 Å². The molecule has 1 aromatic carbocycles. The summed E-state index contributed by atoms with van der Waals surface area (Å²) in [6.45, 7) is 4.22. The Morgan fingerprint density at radius 1 is 1.07 bits per heavy atom. The third-order valence-corrected chi connectivity index (χ3v) is 2.41. The summed E-state index contributed by atoms with van der Waals surface area (Å²) in [6, 6.07) is 12.5. The van der Waals surface area contributed by atoms with Gasteiger partial charge in [0.25, 0.3) is 0 Å². The number of aromatic nitrogens is 1. The van der Waals surface area contributed by atoms with Crippen LogP contribution in [-0.2, 0) is 0 Å². The molecule has 0 aliphatic carbocycles. The van der Waals surface area contributed by atoms with Crippen LogP contribution >= 0.6 is 0 Å². The van der Waals surface area contributed by atoms with Crippen LogP contribution in [0.2, 0.25) is 0 Å². The maximum Gasteiger partial charge on any atom is 0.0192 e. The fourth-order valence-electron chi connectivity index (χ4n) is 1.65. The molecule has 0 aliphatic heterocycles. The first-order valence-electron chi connectivity index (χ1n) is 5.14. The molecule has 1 heterocycles. The lowest BCUT2D eigenvalue weighted by Gasteiger charge is -1.97. The van der Waals surface area contributed by atoms with Crippen molar-refractivity contribution in [2.75, 3.05) is 0 Å². The molecule has 1 nitrogen and oxygen atoms in total. The van der Waals surface area contributed by atoms with Gasteiger partial charge in [0.2, 0.25) is 0 Å². The topological polar surface area (TPSA) is 4.93 Å². The molecule has 0 radical (unpaired) electrons. The minimum atomic E-state index is 1.23. The molecule has 76 valence electrons. The number of aryl methyl sites for hydroxylation is 2. The Hall–Kier alpha value is -1.76. The van der Waals surface area contributed by atoms with Gasteiger partial charge in [0.1, 0.15) is 0 Å². The molecule has 0 N–H and O–H groups in total. The number of benzene rings is 1. The maximum atomic E-state index is 2.18. The fraction of sp³-hybridized carbons (Fsp3) is 0.143. The van der Waals surface area contributed by atoms with E-state index in [1.54, 1.807) is 0 Å². The SMILES string of the molecule is Cc1cc(C)n(/C=C/c2ccccc2)c1. The summed E-state index contributed by atoms with van der Waals surface area (Å²) < 4.78 is 2.14. The molecule has 2 aromatic rings. The molecule has 0 saturated heterocycles. The van der Waals surface area contributed by atoms with Crippen LogP contribution in [0, 0.1) is 13.8 Å². The van der Waals surface area contributed by atoms with E-state index in [4.69, 9.17) is 0 Å². The van der Waals surface area contributed by atoms with Crippen LogP contribution in [-0.4, -0.2) is 4.57 Å². The molecule has 0 atom stereocenters. The van der Waals surface area contributed by atoms with E-state index in [9.17, 15) is 0 Å². The van der Waals surface area contributed by atoms with E-state index in [2.05, 4.69) is 55.1 Å². The highest BCUT2D eigenvalue weighted by Gasteiger charge is 1.93. The monoisotopic (exact) mass is 197 g/mol. The summed E-state index contributed by atoms with van der Waals surface area (Å²) in [5.74, 6) is 0. The average Bonchev–Trinajstić information content (AvgIpc) is 2.56. The Bertz CT molecular complexity index is 463. The first-order chi connectivity index (χ1) is 7.25. The van der Waals surface area contributed by atoms with Gasteiger partial charge in [-0.25, -0.2) is 0 Å². The van der Waals surface area contributed by atoms with Gasteiger partial charge in [0, 0.05) is 18.1 Å². The zero-order valence-electron chi connectivity index (χ0n) is 9.14. The second-order valence-electron chi connectivity index (χ2n) is 3.79. The van der Waals surface area contributed by atoms with Gasteiger partial charge in [-0.15, -0.1) is 0 Å². The van der Waals surface area contributed by atoms with E-state index in [-0.39, 0.29) is 0 Å². The lowest BCUT2D eigenvalue weighted by molar-refractivity contribution is 1.09. The Kier molecular flexibility index (Phi) is 2.72. The fourth-order valence-corrected chi connectivity index (χ4v) is 1.65. The lowest BCUT2D eigenvalue weighted by Crippen LogP contribution is -1.85. The maximum absolute atomic E-state index is 2.18. The molecule has 0 bridgehead atoms. The minimum Gasteiger partial charge on any atom is -0.328 e.